The molecule has 0 saturated carbocycles. The van der Waals surface area contributed by atoms with E-state index >= 15 is 0 Å². The molecule has 0 amide bonds. The van der Waals surface area contributed by atoms with E-state index < -0.39 is 0 Å². The Morgan fingerprint density at radius 1 is 1.37 bits per heavy atom. The monoisotopic (exact) mass is 257 g/mol. The van der Waals surface area contributed by atoms with Gasteiger partial charge in [0.05, 0.1) is 7.11 Å². The molecule has 0 aliphatic carbocycles. The molecule has 0 spiro atoms. The summed E-state index contributed by atoms with van der Waals surface area (Å²) in [6.07, 6.45) is 1.48. The summed E-state index contributed by atoms with van der Waals surface area (Å²) in [5.74, 6) is 0.246. The van der Waals surface area contributed by atoms with Gasteiger partial charge in [0.25, 0.3) is 5.39 Å². The fraction of sp³-hybridized carbons (Fsp3) is 0.154. The van der Waals surface area contributed by atoms with Gasteiger partial charge in [-0.2, -0.15) is 0 Å². The van der Waals surface area contributed by atoms with E-state index in [1.807, 2.05) is 18.2 Å². The predicted octanol–water partition coefficient (Wildman–Crippen LogP) is 2.16. The van der Waals surface area contributed by atoms with Crippen LogP contribution in [0.3, 0.4) is 0 Å². The molecule has 0 atom stereocenters. The Bertz CT molecular complexity index is 646. The Labute approximate surface area is 109 Å². The molecular formula is C13H13N4O2+. The number of aromatic amines is 1. The largest absolute Gasteiger partial charge is 0.491 e. The summed E-state index contributed by atoms with van der Waals surface area (Å²) < 4.78 is 4.89. The number of nitrogens with one attached hydrogen (secondary N) is 1. The number of ether oxygens (including phenoxy) is 1. The number of methoxy groups -OCH3 is 1. The van der Waals surface area contributed by atoms with E-state index in [2.05, 4.69) is 10.1 Å². The van der Waals surface area contributed by atoms with Gasteiger partial charge in [-0.3, -0.25) is 4.79 Å². The zero-order chi connectivity index (χ0) is 13.7. The number of anilines is 1. The molecule has 96 valence electrons. The van der Waals surface area contributed by atoms with Gasteiger partial charge in [-0.15, -0.1) is 0 Å². The smallest absolute Gasteiger partial charge is 0.311 e. The average Bonchev–Trinajstić information content (AvgIpc) is 2.46. The maximum atomic E-state index is 11.6. The van der Waals surface area contributed by atoms with Crippen LogP contribution in [0.25, 0.3) is 5.08 Å². The van der Waals surface area contributed by atoms with Crippen molar-refractivity contribution in [2.75, 3.05) is 12.1 Å². The number of H-pyrrole nitrogens is 1. The number of benzene rings is 1. The van der Waals surface area contributed by atoms with Crippen molar-refractivity contribution < 1.29 is 4.74 Å². The first-order valence-corrected chi connectivity index (χ1v) is 5.68. The highest BCUT2D eigenvalue weighted by Crippen LogP contribution is 2.16. The Kier molecular flexibility index (Phi) is 3.78. The molecule has 0 saturated heterocycles. The molecule has 1 N–H and O–H groups in total. The highest BCUT2D eigenvalue weighted by atomic mass is 16.5. The van der Waals surface area contributed by atoms with Crippen LogP contribution < -0.4 is 15.2 Å². The number of para-hydroxylation sites is 1. The normalized spacial score (nSPS) is 9.68. The highest BCUT2D eigenvalue weighted by molar-refractivity contribution is 5.47. The standard InChI is InChI=1S/C13H12N4O2/c1-19-13-8-15-10(7-12(13)18)9-17(16-14)11-5-3-2-4-6-11/h2-8H,9H2,1H3/p+1. The molecule has 0 aliphatic rings. The van der Waals surface area contributed by atoms with Crippen LogP contribution in [-0.4, -0.2) is 12.1 Å². The van der Waals surface area contributed by atoms with E-state index in [0.717, 1.165) is 5.69 Å². The maximum Gasteiger partial charge on any atom is 0.311 e. The van der Waals surface area contributed by atoms with Crippen molar-refractivity contribution in [2.45, 2.75) is 6.54 Å². The van der Waals surface area contributed by atoms with Crippen LogP contribution in [-0.2, 0) is 6.54 Å². The highest BCUT2D eigenvalue weighted by Gasteiger charge is 2.17. The minimum atomic E-state index is -0.220. The molecule has 0 bridgehead atoms. The molecular weight excluding hydrogens is 244 g/mol. The summed E-state index contributed by atoms with van der Waals surface area (Å²) in [4.78, 5) is 14.5. The van der Waals surface area contributed by atoms with Crippen LogP contribution in [0, 0.1) is 5.39 Å². The number of hydrogen-bond donors (Lipinski definition) is 1. The SMILES string of the molecule is COc1c[nH]c(CN([N+]#N)c2ccccc2)cc1=O. The van der Waals surface area contributed by atoms with Crippen molar-refractivity contribution in [1.29, 1.82) is 5.39 Å². The van der Waals surface area contributed by atoms with Gasteiger partial charge < -0.3 is 9.72 Å². The van der Waals surface area contributed by atoms with E-state index in [-0.39, 0.29) is 17.7 Å². The lowest BCUT2D eigenvalue weighted by atomic mass is 10.3. The lowest BCUT2D eigenvalue weighted by Gasteiger charge is -2.05. The van der Waals surface area contributed by atoms with E-state index in [1.54, 1.807) is 12.1 Å². The minimum absolute atomic E-state index is 0.220. The first kappa shape index (κ1) is 12.6. The molecule has 19 heavy (non-hydrogen) atoms. The van der Waals surface area contributed by atoms with Gasteiger partial charge in [0, 0.05) is 23.0 Å². The van der Waals surface area contributed by atoms with Gasteiger partial charge in [-0.1, -0.05) is 18.2 Å². The Hall–Kier alpha value is -2.81. The predicted molar refractivity (Wildman–Crippen MR) is 71.3 cm³/mol. The third-order valence-corrected chi connectivity index (χ3v) is 2.64. The van der Waals surface area contributed by atoms with Crippen LogP contribution in [0.2, 0.25) is 0 Å². The Morgan fingerprint density at radius 2 is 2.11 bits per heavy atom. The number of nitrogens with zero attached hydrogens (tertiary/aromatic N) is 3. The number of diazo groups is 1. The number of pyridine rings is 1. The lowest BCUT2D eigenvalue weighted by molar-refractivity contribution is 0.408. The van der Waals surface area contributed by atoms with Crippen molar-refractivity contribution >= 4 is 5.69 Å². The molecule has 6 heteroatoms. The Morgan fingerprint density at radius 3 is 2.68 bits per heavy atom. The molecule has 0 unspecified atom stereocenters. The van der Waals surface area contributed by atoms with Crippen molar-refractivity contribution in [3.63, 3.8) is 0 Å². The summed E-state index contributed by atoms with van der Waals surface area (Å²) in [5, 5.41) is 13.6. The molecule has 0 aliphatic heterocycles. The van der Waals surface area contributed by atoms with Gasteiger partial charge in [0.2, 0.25) is 5.43 Å². The van der Waals surface area contributed by atoms with Gasteiger partial charge in [-0.05, 0) is 12.1 Å². The summed E-state index contributed by atoms with van der Waals surface area (Å²) in [7, 11) is 1.43. The number of aromatic nitrogens is 1. The van der Waals surface area contributed by atoms with Crippen molar-refractivity contribution in [3.8, 4) is 5.75 Å². The van der Waals surface area contributed by atoms with Gasteiger partial charge in [0.15, 0.2) is 5.75 Å². The fourth-order valence-corrected chi connectivity index (χ4v) is 1.69. The molecule has 2 rings (SSSR count). The second kappa shape index (κ2) is 5.69. The zero-order valence-electron chi connectivity index (χ0n) is 10.4. The van der Waals surface area contributed by atoms with Gasteiger partial charge in [0.1, 0.15) is 12.2 Å². The molecule has 2 aromatic rings. The van der Waals surface area contributed by atoms with Crippen molar-refractivity contribution in [1.82, 2.24) is 4.98 Å². The third-order valence-electron chi connectivity index (χ3n) is 2.64. The molecule has 6 nitrogen and oxygen atoms in total. The van der Waals surface area contributed by atoms with E-state index in [9.17, 15) is 4.79 Å². The van der Waals surface area contributed by atoms with Crippen LogP contribution in [0.15, 0.2) is 47.4 Å². The summed E-state index contributed by atoms with van der Waals surface area (Å²) in [6.45, 7) is 0.250. The number of rotatable bonds is 4. The summed E-state index contributed by atoms with van der Waals surface area (Å²) >= 11 is 0. The molecule has 1 aromatic heterocycles. The maximum absolute atomic E-state index is 11.6. The van der Waals surface area contributed by atoms with Crippen molar-refractivity contribution in [2.24, 2.45) is 0 Å². The van der Waals surface area contributed by atoms with Crippen LogP contribution in [0.1, 0.15) is 5.69 Å². The van der Waals surface area contributed by atoms with E-state index in [4.69, 9.17) is 10.1 Å². The quantitative estimate of drug-likeness (QED) is 0.672. The molecule has 1 heterocycles. The number of hydrogen-bond acceptors (Lipinski definition) is 4. The van der Waals surface area contributed by atoms with Gasteiger partial charge in [-0.25, -0.2) is 0 Å². The average molecular weight is 257 g/mol. The Balaban J connectivity index is 2.23. The first-order valence-electron chi connectivity index (χ1n) is 5.68. The topological polar surface area (TPSA) is 73.5 Å². The van der Waals surface area contributed by atoms with Gasteiger partial charge >= 0.3 is 5.08 Å². The molecule has 1 aromatic carbocycles. The van der Waals surface area contributed by atoms with Crippen molar-refractivity contribution in [3.05, 3.63) is 63.6 Å². The van der Waals surface area contributed by atoms with E-state index in [1.165, 1.54) is 24.4 Å². The third kappa shape index (κ3) is 2.90. The second-order valence-electron chi connectivity index (χ2n) is 3.87. The lowest BCUT2D eigenvalue weighted by Crippen LogP contribution is -2.16. The van der Waals surface area contributed by atoms with Crippen LogP contribution in [0.5, 0.6) is 5.75 Å². The minimum Gasteiger partial charge on any atom is -0.491 e. The van der Waals surface area contributed by atoms with Crippen LogP contribution >= 0.6 is 0 Å². The molecule has 0 radical (unpaired) electrons. The second-order valence-corrected chi connectivity index (χ2v) is 3.87. The molecule has 0 fully saturated rings. The summed E-state index contributed by atoms with van der Waals surface area (Å²) in [5.41, 5.74) is 1.12. The summed E-state index contributed by atoms with van der Waals surface area (Å²) in [6, 6.07) is 10.6. The van der Waals surface area contributed by atoms with Crippen LogP contribution in [0.4, 0.5) is 5.69 Å². The zero-order valence-corrected chi connectivity index (χ0v) is 10.4. The first-order chi connectivity index (χ1) is 9.24. The van der Waals surface area contributed by atoms with E-state index in [0.29, 0.717) is 5.69 Å². The fourth-order valence-electron chi connectivity index (χ4n) is 1.69.